The van der Waals surface area contributed by atoms with Gasteiger partial charge in [-0.1, -0.05) is 6.07 Å². The molecule has 0 aliphatic carbocycles. The number of aromatic nitrogens is 3. The Morgan fingerprint density at radius 2 is 2.12 bits per heavy atom. The summed E-state index contributed by atoms with van der Waals surface area (Å²) < 4.78 is 20.4. The average molecular weight is 354 g/mol. The van der Waals surface area contributed by atoms with Crippen LogP contribution in [0.5, 0.6) is 5.75 Å². The van der Waals surface area contributed by atoms with Crippen molar-refractivity contribution in [2.45, 2.75) is 19.9 Å². The van der Waals surface area contributed by atoms with Crippen molar-refractivity contribution < 1.29 is 13.9 Å². The zero-order chi connectivity index (χ0) is 18.7. The fourth-order valence-electron chi connectivity index (χ4n) is 2.72. The van der Waals surface area contributed by atoms with Crippen LogP contribution in [-0.2, 0) is 0 Å². The van der Waals surface area contributed by atoms with Gasteiger partial charge in [0.2, 0.25) is 0 Å². The summed E-state index contributed by atoms with van der Waals surface area (Å²) in [5, 5.41) is 7.21. The molecule has 0 saturated carbocycles. The minimum Gasteiger partial charge on any atom is -0.494 e. The van der Waals surface area contributed by atoms with Crippen LogP contribution < -0.4 is 10.1 Å². The van der Waals surface area contributed by atoms with Crippen molar-refractivity contribution in [1.29, 1.82) is 0 Å². The molecule has 6 nitrogen and oxygen atoms in total. The van der Waals surface area contributed by atoms with Crippen molar-refractivity contribution in [2.75, 3.05) is 7.11 Å². The molecule has 0 aliphatic rings. The van der Waals surface area contributed by atoms with E-state index in [2.05, 4.69) is 15.4 Å². The highest BCUT2D eigenvalue weighted by molar-refractivity contribution is 5.94. The minimum absolute atomic E-state index is 0.0991. The molecule has 1 amide bonds. The first-order valence-corrected chi connectivity index (χ1v) is 8.11. The van der Waals surface area contributed by atoms with E-state index in [1.165, 1.54) is 19.2 Å². The fraction of sp³-hybridized carbons (Fsp3) is 0.211. The third-order valence-electron chi connectivity index (χ3n) is 4.14. The highest BCUT2D eigenvalue weighted by Crippen LogP contribution is 2.21. The molecule has 1 unspecified atom stereocenters. The molecule has 134 valence electrons. The van der Waals surface area contributed by atoms with Crippen molar-refractivity contribution in [3.8, 4) is 11.6 Å². The highest BCUT2D eigenvalue weighted by atomic mass is 19.1. The van der Waals surface area contributed by atoms with Crippen LogP contribution in [-0.4, -0.2) is 27.8 Å². The second-order valence-corrected chi connectivity index (χ2v) is 5.83. The maximum Gasteiger partial charge on any atom is 0.251 e. The molecule has 1 aromatic carbocycles. The van der Waals surface area contributed by atoms with Crippen molar-refractivity contribution in [3.63, 3.8) is 0 Å². The number of rotatable bonds is 5. The fourth-order valence-corrected chi connectivity index (χ4v) is 2.72. The predicted octanol–water partition coefficient (Wildman–Crippen LogP) is 3.21. The van der Waals surface area contributed by atoms with Crippen LogP contribution in [0.1, 0.15) is 34.6 Å². The Balaban J connectivity index is 1.78. The summed E-state index contributed by atoms with van der Waals surface area (Å²) in [6.45, 7) is 3.76. The summed E-state index contributed by atoms with van der Waals surface area (Å²) in [6, 6.07) is 9.38. The Bertz CT molecular complexity index is 925. The number of amides is 1. The van der Waals surface area contributed by atoms with E-state index in [1.54, 1.807) is 17.1 Å². The standard InChI is InChI=1S/C19H19FN4O2/c1-12(23-19(25)14-7-8-17(26-3)16(20)10-14)15-11-22-24(13(15)2)18-6-4-5-9-21-18/h4-12H,1-3H3,(H,23,25). The number of carbonyl (C=O) groups is 1. The molecule has 3 aromatic rings. The second-order valence-electron chi connectivity index (χ2n) is 5.83. The van der Waals surface area contributed by atoms with Gasteiger partial charge >= 0.3 is 0 Å². The van der Waals surface area contributed by atoms with Gasteiger partial charge in [-0.05, 0) is 44.2 Å². The van der Waals surface area contributed by atoms with Crippen molar-refractivity contribution in [2.24, 2.45) is 0 Å². The third-order valence-corrected chi connectivity index (χ3v) is 4.14. The number of benzene rings is 1. The number of nitrogens with zero attached hydrogens (tertiary/aromatic N) is 3. The second kappa shape index (κ2) is 7.35. The predicted molar refractivity (Wildman–Crippen MR) is 94.9 cm³/mol. The van der Waals surface area contributed by atoms with Gasteiger partial charge < -0.3 is 10.1 Å². The molecular formula is C19H19FN4O2. The first-order chi connectivity index (χ1) is 12.5. The van der Waals surface area contributed by atoms with Crippen molar-refractivity contribution in [3.05, 3.63) is 71.4 Å². The van der Waals surface area contributed by atoms with E-state index in [1.807, 2.05) is 32.0 Å². The Morgan fingerprint density at radius 1 is 1.31 bits per heavy atom. The molecule has 2 aromatic heterocycles. The Labute approximate surface area is 150 Å². The molecule has 0 fully saturated rings. The van der Waals surface area contributed by atoms with Gasteiger partial charge in [0.25, 0.3) is 5.91 Å². The number of hydrogen-bond donors (Lipinski definition) is 1. The topological polar surface area (TPSA) is 69.0 Å². The molecule has 1 N–H and O–H groups in total. The summed E-state index contributed by atoms with van der Waals surface area (Å²) in [4.78, 5) is 16.7. The number of halogens is 1. The minimum atomic E-state index is -0.577. The number of nitrogens with one attached hydrogen (secondary N) is 1. The molecule has 0 radical (unpaired) electrons. The molecule has 7 heteroatoms. The SMILES string of the molecule is COc1ccc(C(=O)NC(C)c2cnn(-c3ccccn3)c2C)cc1F. The van der Waals surface area contributed by atoms with Crippen LogP contribution in [0.4, 0.5) is 4.39 Å². The molecule has 0 bridgehead atoms. The van der Waals surface area contributed by atoms with Gasteiger partial charge in [0.15, 0.2) is 17.4 Å². The van der Waals surface area contributed by atoms with Gasteiger partial charge in [0.1, 0.15) is 0 Å². The van der Waals surface area contributed by atoms with E-state index in [0.717, 1.165) is 17.3 Å². The maximum absolute atomic E-state index is 13.8. The molecule has 0 saturated heterocycles. The Morgan fingerprint density at radius 3 is 2.77 bits per heavy atom. The first kappa shape index (κ1) is 17.6. The summed E-state index contributed by atoms with van der Waals surface area (Å²) in [6.07, 6.45) is 3.39. The normalized spacial score (nSPS) is 11.8. The van der Waals surface area contributed by atoms with Gasteiger partial charge in [-0.25, -0.2) is 14.1 Å². The summed E-state index contributed by atoms with van der Waals surface area (Å²) in [5.74, 6) is -0.148. The van der Waals surface area contributed by atoms with E-state index >= 15 is 0 Å². The lowest BCUT2D eigenvalue weighted by Crippen LogP contribution is -2.27. The molecular weight excluding hydrogens is 335 g/mol. The van der Waals surface area contributed by atoms with Crippen LogP contribution in [0.3, 0.4) is 0 Å². The molecule has 2 heterocycles. The van der Waals surface area contributed by atoms with E-state index in [4.69, 9.17) is 4.74 Å². The molecule has 1 atom stereocenters. The number of hydrogen-bond acceptors (Lipinski definition) is 4. The number of methoxy groups -OCH3 is 1. The van der Waals surface area contributed by atoms with E-state index in [-0.39, 0.29) is 23.3 Å². The van der Waals surface area contributed by atoms with Gasteiger partial charge in [-0.2, -0.15) is 5.10 Å². The zero-order valence-corrected chi connectivity index (χ0v) is 14.7. The van der Waals surface area contributed by atoms with Gasteiger partial charge in [0, 0.05) is 23.0 Å². The van der Waals surface area contributed by atoms with Crippen LogP contribution in [0, 0.1) is 12.7 Å². The summed E-state index contributed by atoms with van der Waals surface area (Å²) in [7, 11) is 1.38. The Hall–Kier alpha value is -3.22. The van der Waals surface area contributed by atoms with Gasteiger partial charge in [-0.15, -0.1) is 0 Å². The van der Waals surface area contributed by atoms with E-state index in [0.29, 0.717) is 5.82 Å². The van der Waals surface area contributed by atoms with Crippen LogP contribution in [0.2, 0.25) is 0 Å². The summed E-state index contributed by atoms with van der Waals surface area (Å²) in [5.41, 5.74) is 1.96. The van der Waals surface area contributed by atoms with Crippen LogP contribution >= 0.6 is 0 Å². The summed E-state index contributed by atoms with van der Waals surface area (Å²) >= 11 is 0. The largest absolute Gasteiger partial charge is 0.494 e. The monoisotopic (exact) mass is 354 g/mol. The maximum atomic E-state index is 13.8. The van der Waals surface area contributed by atoms with E-state index in [9.17, 15) is 9.18 Å². The molecule has 26 heavy (non-hydrogen) atoms. The molecule has 0 aliphatic heterocycles. The van der Waals surface area contributed by atoms with Crippen LogP contribution in [0.15, 0.2) is 48.8 Å². The number of pyridine rings is 1. The molecule has 0 spiro atoms. The van der Waals surface area contributed by atoms with Crippen molar-refractivity contribution in [1.82, 2.24) is 20.1 Å². The van der Waals surface area contributed by atoms with Crippen LogP contribution in [0.25, 0.3) is 5.82 Å². The number of carbonyl (C=O) groups excluding carboxylic acids is 1. The zero-order valence-electron chi connectivity index (χ0n) is 14.7. The average Bonchev–Trinajstić information content (AvgIpc) is 3.03. The lowest BCUT2D eigenvalue weighted by molar-refractivity contribution is 0.0939. The van der Waals surface area contributed by atoms with Gasteiger partial charge in [0.05, 0.1) is 19.3 Å². The van der Waals surface area contributed by atoms with Crippen molar-refractivity contribution >= 4 is 5.91 Å². The van der Waals surface area contributed by atoms with E-state index < -0.39 is 5.82 Å². The lowest BCUT2D eigenvalue weighted by Gasteiger charge is -2.14. The van der Waals surface area contributed by atoms with Gasteiger partial charge in [-0.3, -0.25) is 4.79 Å². The third kappa shape index (κ3) is 3.42. The first-order valence-electron chi connectivity index (χ1n) is 8.11. The Kier molecular flexibility index (Phi) is 4.97. The smallest absolute Gasteiger partial charge is 0.251 e. The lowest BCUT2D eigenvalue weighted by atomic mass is 10.1. The number of ether oxygens (including phenoxy) is 1. The molecule has 3 rings (SSSR count). The highest BCUT2D eigenvalue weighted by Gasteiger charge is 2.18. The quantitative estimate of drug-likeness (QED) is 0.764.